The van der Waals surface area contributed by atoms with Crippen molar-refractivity contribution >= 4 is 23.6 Å². The Morgan fingerprint density at radius 1 is 1.18 bits per heavy atom. The summed E-state index contributed by atoms with van der Waals surface area (Å²) in [5.41, 5.74) is 10.1. The molecule has 11 heteroatoms. The lowest BCUT2D eigenvalue weighted by atomic mass is 10.2. The van der Waals surface area contributed by atoms with Crippen LogP contribution in [0.3, 0.4) is 0 Å². The number of halogens is 1. The molecule has 0 radical (unpaired) electrons. The van der Waals surface area contributed by atoms with Crippen LogP contribution < -0.4 is 9.80 Å². The van der Waals surface area contributed by atoms with Crippen molar-refractivity contribution in [2.24, 2.45) is 5.11 Å². The summed E-state index contributed by atoms with van der Waals surface area (Å²) < 4.78 is 25.4. The molecule has 1 unspecified atom stereocenters. The molecule has 2 aliphatic heterocycles. The van der Waals surface area contributed by atoms with E-state index < -0.39 is 24.1 Å². The summed E-state index contributed by atoms with van der Waals surface area (Å²) in [7, 11) is 0. The molecule has 0 aromatic heterocycles. The third kappa shape index (κ3) is 5.27. The van der Waals surface area contributed by atoms with E-state index in [0.29, 0.717) is 37.6 Å². The monoisotopic (exact) mass is 454 g/mol. The number of azide groups is 1. The van der Waals surface area contributed by atoms with Crippen molar-refractivity contribution in [3.63, 3.8) is 0 Å². The van der Waals surface area contributed by atoms with Gasteiger partial charge in [0.15, 0.2) is 0 Å². The maximum absolute atomic E-state index is 14.9. The van der Waals surface area contributed by atoms with Crippen LogP contribution in [0.4, 0.5) is 25.4 Å². The minimum absolute atomic E-state index is 0.0252. The third-order valence-electron chi connectivity index (χ3n) is 5.55. The van der Waals surface area contributed by atoms with Gasteiger partial charge in [-0.05, 0) is 29.3 Å². The predicted molar refractivity (Wildman–Crippen MR) is 118 cm³/mol. The number of benzene rings is 2. The molecule has 2 saturated heterocycles. The van der Waals surface area contributed by atoms with Crippen LogP contribution in [0.25, 0.3) is 10.4 Å². The number of cyclic esters (lactones) is 1. The Bertz CT molecular complexity index is 1050. The first-order valence-electron chi connectivity index (χ1n) is 10.5. The Labute approximate surface area is 189 Å². The number of anilines is 2. The molecule has 10 nitrogen and oxygen atoms in total. The SMILES string of the molecule is [N-]=[N+]=NCC1CN(c2ccc(N3CCN(C(=O)OCc4ccccc4)CC3)c(F)c2)C(=O)O1. The molecule has 2 fully saturated rings. The van der Waals surface area contributed by atoms with E-state index in [1.165, 1.54) is 11.0 Å². The highest BCUT2D eigenvalue weighted by atomic mass is 19.1. The second-order valence-corrected chi connectivity index (χ2v) is 7.68. The highest BCUT2D eigenvalue weighted by Gasteiger charge is 2.32. The maximum Gasteiger partial charge on any atom is 0.414 e. The van der Waals surface area contributed by atoms with Crippen LogP contribution in [-0.2, 0) is 16.1 Å². The lowest BCUT2D eigenvalue weighted by molar-refractivity contribution is 0.0941. The minimum atomic E-state index is -0.608. The van der Waals surface area contributed by atoms with E-state index in [1.807, 2.05) is 35.2 Å². The maximum atomic E-state index is 14.9. The second kappa shape index (κ2) is 10.1. The number of hydrogen-bond acceptors (Lipinski definition) is 6. The van der Waals surface area contributed by atoms with Gasteiger partial charge in [0.2, 0.25) is 0 Å². The smallest absolute Gasteiger partial charge is 0.414 e. The molecule has 2 aromatic carbocycles. The fraction of sp³-hybridized carbons (Fsp3) is 0.364. The normalized spacial score (nSPS) is 18.0. The van der Waals surface area contributed by atoms with Crippen LogP contribution in [0, 0.1) is 5.82 Å². The zero-order chi connectivity index (χ0) is 23.2. The second-order valence-electron chi connectivity index (χ2n) is 7.68. The molecule has 0 saturated carbocycles. The Morgan fingerprint density at radius 2 is 1.94 bits per heavy atom. The minimum Gasteiger partial charge on any atom is -0.445 e. The molecule has 2 amide bonds. The van der Waals surface area contributed by atoms with Crippen LogP contribution in [0.5, 0.6) is 0 Å². The summed E-state index contributed by atoms with van der Waals surface area (Å²) in [6.45, 7) is 2.15. The van der Waals surface area contributed by atoms with E-state index in [0.717, 1.165) is 5.56 Å². The van der Waals surface area contributed by atoms with Crippen molar-refractivity contribution in [2.45, 2.75) is 12.7 Å². The third-order valence-corrected chi connectivity index (χ3v) is 5.55. The van der Waals surface area contributed by atoms with Gasteiger partial charge >= 0.3 is 12.2 Å². The van der Waals surface area contributed by atoms with Crippen molar-refractivity contribution in [3.8, 4) is 0 Å². The zero-order valence-corrected chi connectivity index (χ0v) is 17.8. The summed E-state index contributed by atoms with van der Waals surface area (Å²) in [5, 5.41) is 3.41. The number of ether oxygens (including phenoxy) is 2. The van der Waals surface area contributed by atoms with Crippen molar-refractivity contribution in [1.82, 2.24) is 4.90 Å². The first-order chi connectivity index (χ1) is 16.0. The lowest BCUT2D eigenvalue weighted by Gasteiger charge is -2.35. The molecule has 33 heavy (non-hydrogen) atoms. The summed E-state index contributed by atoms with van der Waals surface area (Å²) in [4.78, 5) is 31.8. The molecule has 0 aliphatic carbocycles. The molecule has 1 atom stereocenters. The van der Waals surface area contributed by atoms with Gasteiger partial charge < -0.3 is 19.3 Å². The van der Waals surface area contributed by atoms with Gasteiger partial charge in [0, 0.05) is 31.1 Å². The van der Waals surface area contributed by atoms with Crippen LogP contribution >= 0.6 is 0 Å². The molecule has 2 aliphatic rings. The number of nitrogens with zero attached hydrogens (tertiary/aromatic N) is 6. The number of carbonyl (C=O) groups is 2. The quantitative estimate of drug-likeness (QED) is 0.373. The fourth-order valence-corrected chi connectivity index (χ4v) is 3.82. The summed E-state index contributed by atoms with van der Waals surface area (Å²) in [6, 6.07) is 14.0. The summed E-state index contributed by atoms with van der Waals surface area (Å²) in [5.74, 6) is -0.473. The van der Waals surface area contributed by atoms with Gasteiger partial charge in [-0.1, -0.05) is 35.4 Å². The first kappa shape index (κ1) is 22.2. The van der Waals surface area contributed by atoms with Gasteiger partial charge in [-0.25, -0.2) is 14.0 Å². The van der Waals surface area contributed by atoms with Crippen molar-refractivity contribution in [1.29, 1.82) is 0 Å². The van der Waals surface area contributed by atoms with E-state index in [2.05, 4.69) is 10.0 Å². The molecule has 0 spiro atoms. The van der Waals surface area contributed by atoms with Crippen LogP contribution in [0.1, 0.15) is 5.56 Å². The van der Waals surface area contributed by atoms with Gasteiger partial charge in [0.05, 0.1) is 24.5 Å². The Morgan fingerprint density at radius 3 is 2.64 bits per heavy atom. The topological polar surface area (TPSA) is 111 Å². The number of hydrogen-bond donors (Lipinski definition) is 0. The number of piperazine rings is 1. The molecule has 172 valence electrons. The molecule has 0 bridgehead atoms. The lowest BCUT2D eigenvalue weighted by Crippen LogP contribution is -2.49. The summed E-state index contributed by atoms with van der Waals surface area (Å²) >= 11 is 0. The van der Waals surface area contributed by atoms with Crippen LogP contribution in [0.2, 0.25) is 0 Å². The number of carbonyl (C=O) groups excluding carboxylic acids is 2. The molecule has 2 heterocycles. The van der Waals surface area contributed by atoms with Crippen LogP contribution in [-0.4, -0.2) is 62.5 Å². The van der Waals surface area contributed by atoms with E-state index in [-0.39, 0.29) is 19.7 Å². The van der Waals surface area contributed by atoms with E-state index in [4.69, 9.17) is 15.0 Å². The molecular formula is C22H23FN6O4. The van der Waals surface area contributed by atoms with Gasteiger partial charge in [-0.2, -0.15) is 0 Å². The van der Waals surface area contributed by atoms with Gasteiger partial charge in [-0.3, -0.25) is 4.90 Å². The number of amides is 2. The van der Waals surface area contributed by atoms with Crippen molar-refractivity contribution in [2.75, 3.05) is 49.1 Å². The molecule has 0 N–H and O–H groups in total. The average Bonchev–Trinajstić information content (AvgIpc) is 3.22. The highest BCUT2D eigenvalue weighted by Crippen LogP contribution is 2.28. The van der Waals surface area contributed by atoms with E-state index in [1.54, 1.807) is 17.0 Å². The Balaban J connectivity index is 1.32. The fourth-order valence-electron chi connectivity index (χ4n) is 3.82. The first-order valence-corrected chi connectivity index (χ1v) is 10.5. The summed E-state index contributed by atoms with van der Waals surface area (Å²) in [6.07, 6.45) is -1.56. The van der Waals surface area contributed by atoms with Gasteiger partial charge in [-0.15, -0.1) is 0 Å². The molecule has 4 rings (SSSR count). The predicted octanol–water partition coefficient (Wildman–Crippen LogP) is 3.92. The van der Waals surface area contributed by atoms with Crippen LogP contribution in [0.15, 0.2) is 53.6 Å². The van der Waals surface area contributed by atoms with E-state index in [9.17, 15) is 14.0 Å². The zero-order valence-electron chi connectivity index (χ0n) is 17.8. The van der Waals surface area contributed by atoms with Gasteiger partial charge in [0.25, 0.3) is 0 Å². The highest BCUT2D eigenvalue weighted by molar-refractivity contribution is 5.90. The molecular weight excluding hydrogens is 431 g/mol. The van der Waals surface area contributed by atoms with E-state index >= 15 is 0 Å². The van der Waals surface area contributed by atoms with Gasteiger partial charge in [0.1, 0.15) is 18.5 Å². The Hall–Kier alpha value is -3.98. The number of rotatable bonds is 6. The standard InChI is InChI=1S/C22H23FN6O4/c23-19-12-17(29-14-18(13-25-26-24)33-22(29)31)6-7-20(19)27-8-10-28(11-9-27)21(30)32-15-16-4-2-1-3-5-16/h1-7,12,18H,8-11,13-15H2. The Kier molecular flexibility index (Phi) is 6.80. The largest absolute Gasteiger partial charge is 0.445 e. The van der Waals surface area contributed by atoms with Crippen molar-refractivity contribution in [3.05, 3.63) is 70.4 Å². The van der Waals surface area contributed by atoms with Crippen molar-refractivity contribution < 1.29 is 23.5 Å². The average molecular weight is 454 g/mol. The molecule has 2 aromatic rings.